The SMILES string of the molecule is C=CC1(O)C(Cc2ccccc2)CCCC1CN(C)C. The normalized spacial score (nSPS) is 30.4. The lowest BCUT2D eigenvalue weighted by molar-refractivity contribution is -0.0606. The lowest BCUT2D eigenvalue weighted by atomic mass is 9.66. The second kappa shape index (κ2) is 6.55. The first-order chi connectivity index (χ1) is 9.56. The van der Waals surface area contributed by atoms with Crippen LogP contribution in [0, 0.1) is 11.8 Å². The smallest absolute Gasteiger partial charge is 0.0896 e. The van der Waals surface area contributed by atoms with Crippen LogP contribution in [0.25, 0.3) is 0 Å². The quantitative estimate of drug-likeness (QED) is 0.833. The van der Waals surface area contributed by atoms with Crippen LogP contribution < -0.4 is 0 Å². The molecule has 0 saturated heterocycles. The van der Waals surface area contributed by atoms with E-state index >= 15 is 0 Å². The average Bonchev–Trinajstić information content (AvgIpc) is 2.44. The van der Waals surface area contributed by atoms with Gasteiger partial charge in [0.05, 0.1) is 5.60 Å². The first kappa shape index (κ1) is 15.3. The maximum atomic E-state index is 11.2. The van der Waals surface area contributed by atoms with Crippen molar-refractivity contribution < 1.29 is 5.11 Å². The van der Waals surface area contributed by atoms with Gasteiger partial charge in [0.15, 0.2) is 0 Å². The van der Waals surface area contributed by atoms with Crippen LogP contribution in [-0.4, -0.2) is 36.2 Å². The van der Waals surface area contributed by atoms with E-state index < -0.39 is 5.60 Å². The Kier molecular flexibility index (Phi) is 5.00. The number of nitrogens with zero attached hydrogens (tertiary/aromatic N) is 1. The van der Waals surface area contributed by atoms with Crippen molar-refractivity contribution in [1.82, 2.24) is 4.90 Å². The third-order valence-electron chi connectivity index (χ3n) is 4.65. The summed E-state index contributed by atoms with van der Waals surface area (Å²) in [6, 6.07) is 10.5. The Hall–Kier alpha value is -1.12. The average molecular weight is 273 g/mol. The Bertz CT molecular complexity index is 428. The molecule has 2 heteroatoms. The number of hydrogen-bond donors (Lipinski definition) is 1. The van der Waals surface area contributed by atoms with E-state index in [4.69, 9.17) is 0 Å². The third kappa shape index (κ3) is 3.31. The molecule has 0 heterocycles. The second-order valence-electron chi connectivity index (χ2n) is 6.37. The van der Waals surface area contributed by atoms with Crippen molar-refractivity contribution in [2.45, 2.75) is 31.3 Å². The number of benzene rings is 1. The van der Waals surface area contributed by atoms with Gasteiger partial charge in [0.25, 0.3) is 0 Å². The van der Waals surface area contributed by atoms with E-state index in [1.165, 1.54) is 12.0 Å². The molecule has 2 nitrogen and oxygen atoms in total. The van der Waals surface area contributed by atoms with Gasteiger partial charge < -0.3 is 10.0 Å². The number of hydrogen-bond acceptors (Lipinski definition) is 2. The van der Waals surface area contributed by atoms with Crippen molar-refractivity contribution in [3.63, 3.8) is 0 Å². The van der Waals surface area contributed by atoms with Crippen LogP contribution in [0.15, 0.2) is 43.0 Å². The molecule has 0 amide bonds. The van der Waals surface area contributed by atoms with Crippen molar-refractivity contribution >= 4 is 0 Å². The Morgan fingerprint density at radius 3 is 2.50 bits per heavy atom. The second-order valence-corrected chi connectivity index (χ2v) is 6.37. The first-order valence-electron chi connectivity index (χ1n) is 7.61. The molecule has 1 fully saturated rings. The molecule has 0 bridgehead atoms. The molecule has 1 saturated carbocycles. The van der Waals surface area contributed by atoms with Crippen molar-refractivity contribution in [1.29, 1.82) is 0 Å². The fourth-order valence-corrected chi connectivity index (χ4v) is 3.58. The third-order valence-corrected chi connectivity index (χ3v) is 4.65. The van der Waals surface area contributed by atoms with Gasteiger partial charge in [-0.1, -0.05) is 42.8 Å². The summed E-state index contributed by atoms with van der Waals surface area (Å²) in [6.45, 7) is 4.86. The summed E-state index contributed by atoms with van der Waals surface area (Å²) in [5, 5.41) is 11.2. The molecular weight excluding hydrogens is 246 g/mol. The molecule has 110 valence electrons. The van der Waals surface area contributed by atoms with Gasteiger partial charge in [-0.15, -0.1) is 6.58 Å². The van der Waals surface area contributed by atoms with Gasteiger partial charge in [0.2, 0.25) is 0 Å². The van der Waals surface area contributed by atoms with Gasteiger partial charge in [0.1, 0.15) is 0 Å². The summed E-state index contributed by atoms with van der Waals surface area (Å²) in [5.74, 6) is 0.568. The van der Waals surface area contributed by atoms with E-state index in [1.807, 2.05) is 6.07 Å². The van der Waals surface area contributed by atoms with Gasteiger partial charge in [0, 0.05) is 12.5 Å². The fourth-order valence-electron chi connectivity index (χ4n) is 3.58. The highest BCUT2D eigenvalue weighted by atomic mass is 16.3. The van der Waals surface area contributed by atoms with E-state index in [0.717, 1.165) is 25.8 Å². The highest BCUT2D eigenvalue weighted by Gasteiger charge is 2.43. The Labute approximate surface area is 123 Å². The first-order valence-corrected chi connectivity index (χ1v) is 7.61. The van der Waals surface area contributed by atoms with Gasteiger partial charge in [-0.25, -0.2) is 0 Å². The summed E-state index contributed by atoms with van der Waals surface area (Å²) < 4.78 is 0. The Morgan fingerprint density at radius 1 is 1.25 bits per heavy atom. The highest BCUT2D eigenvalue weighted by molar-refractivity contribution is 5.18. The maximum Gasteiger partial charge on any atom is 0.0896 e. The molecule has 1 aromatic carbocycles. The molecule has 3 atom stereocenters. The van der Waals surface area contributed by atoms with E-state index in [9.17, 15) is 5.11 Å². The van der Waals surface area contributed by atoms with Crippen LogP contribution in [-0.2, 0) is 6.42 Å². The topological polar surface area (TPSA) is 23.5 Å². The van der Waals surface area contributed by atoms with Crippen molar-refractivity contribution in [3.05, 3.63) is 48.6 Å². The molecule has 0 aliphatic heterocycles. The van der Waals surface area contributed by atoms with Crippen molar-refractivity contribution in [2.75, 3.05) is 20.6 Å². The molecule has 1 aliphatic carbocycles. The molecule has 20 heavy (non-hydrogen) atoms. The highest BCUT2D eigenvalue weighted by Crippen LogP contribution is 2.41. The van der Waals surface area contributed by atoms with Gasteiger partial charge >= 0.3 is 0 Å². The molecule has 0 spiro atoms. The summed E-state index contributed by atoms with van der Waals surface area (Å²) in [7, 11) is 4.15. The van der Waals surface area contributed by atoms with Crippen LogP contribution in [0.2, 0.25) is 0 Å². The Balaban J connectivity index is 2.16. The predicted molar refractivity (Wildman–Crippen MR) is 84.7 cm³/mol. The zero-order chi connectivity index (χ0) is 14.6. The van der Waals surface area contributed by atoms with Gasteiger partial charge in [-0.3, -0.25) is 0 Å². The van der Waals surface area contributed by atoms with Crippen LogP contribution in [0.4, 0.5) is 0 Å². The zero-order valence-corrected chi connectivity index (χ0v) is 12.8. The minimum atomic E-state index is -0.738. The van der Waals surface area contributed by atoms with E-state index in [2.05, 4.69) is 49.8 Å². The van der Waals surface area contributed by atoms with Crippen molar-refractivity contribution in [3.8, 4) is 0 Å². The summed E-state index contributed by atoms with van der Waals surface area (Å²) in [6.07, 6.45) is 6.11. The van der Waals surface area contributed by atoms with Crippen molar-refractivity contribution in [2.24, 2.45) is 11.8 Å². The molecule has 0 aromatic heterocycles. The van der Waals surface area contributed by atoms with Gasteiger partial charge in [-0.05, 0) is 44.8 Å². The van der Waals surface area contributed by atoms with Crippen LogP contribution >= 0.6 is 0 Å². The minimum absolute atomic E-state index is 0.279. The molecule has 0 radical (unpaired) electrons. The number of rotatable bonds is 5. The van der Waals surface area contributed by atoms with Gasteiger partial charge in [-0.2, -0.15) is 0 Å². The lowest BCUT2D eigenvalue weighted by Crippen LogP contribution is -2.50. The molecule has 3 unspecified atom stereocenters. The standard InChI is InChI=1S/C18H27NO/c1-4-18(20)16(13-15-9-6-5-7-10-15)11-8-12-17(18)14-19(2)3/h4-7,9-10,16-17,20H,1,8,11-14H2,2-3H3. The fraction of sp³-hybridized carbons (Fsp3) is 0.556. The van der Waals surface area contributed by atoms with Crippen LogP contribution in [0.3, 0.4) is 0 Å². The monoisotopic (exact) mass is 273 g/mol. The Morgan fingerprint density at radius 2 is 1.90 bits per heavy atom. The van der Waals surface area contributed by atoms with Crippen LogP contribution in [0.1, 0.15) is 24.8 Å². The van der Waals surface area contributed by atoms with E-state index in [0.29, 0.717) is 0 Å². The molecular formula is C18H27NO. The van der Waals surface area contributed by atoms with E-state index in [-0.39, 0.29) is 11.8 Å². The zero-order valence-electron chi connectivity index (χ0n) is 12.8. The molecule has 1 aromatic rings. The summed E-state index contributed by atoms with van der Waals surface area (Å²) >= 11 is 0. The molecule has 1 N–H and O–H groups in total. The lowest BCUT2D eigenvalue weighted by Gasteiger charge is -2.45. The van der Waals surface area contributed by atoms with E-state index in [1.54, 1.807) is 6.08 Å². The molecule has 1 aliphatic rings. The predicted octanol–water partition coefficient (Wildman–Crippen LogP) is 3.12. The largest absolute Gasteiger partial charge is 0.385 e. The maximum absolute atomic E-state index is 11.2. The number of aliphatic hydroxyl groups is 1. The summed E-state index contributed by atoms with van der Waals surface area (Å²) in [4.78, 5) is 2.17. The summed E-state index contributed by atoms with van der Waals surface area (Å²) in [5.41, 5.74) is 0.571. The van der Waals surface area contributed by atoms with Crippen LogP contribution in [0.5, 0.6) is 0 Å². The molecule has 2 rings (SSSR count). The minimum Gasteiger partial charge on any atom is -0.385 e.